The van der Waals surface area contributed by atoms with E-state index in [-0.39, 0.29) is 11.4 Å². The Balaban J connectivity index is 1.91. The van der Waals surface area contributed by atoms with Gasteiger partial charge in [0, 0.05) is 28.4 Å². The molecule has 0 bridgehead atoms. The lowest BCUT2D eigenvalue weighted by Crippen LogP contribution is -2.13. The molecule has 1 atom stereocenters. The van der Waals surface area contributed by atoms with Gasteiger partial charge in [0.15, 0.2) is 0 Å². The van der Waals surface area contributed by atoms with E-state index in [0.717, 1.165) is 16.5 Å². The second-order valence-electron chi connectivity index (χ2n) is 6.66. The maximum atomic E-state index is 11.3. The number of nitrogens with zero attached hydrogens (tertiary/aromatic N) is 1. The molecule has 6 heteroatoms. The Morgan fingerprint density at radius 2 is 1.69 bits per heavy atom. The van der Waals surface area contributed by atoms with Crippen molar-refractivity contribution in [3.8, 4) is 5.75 Å². The van der Waals surface area contributed by atoms with Crippen molar-refractivity contribution in [2.24, 2.45) is 0 Å². The minimum Gasteiger partial charge on any atom is -0.508 e. The van der Waals surface area contributed by atoms with Crippen molar-refractivity contribution in [1.82, 2.24) is 0 Å². The maximum absolute atomic E-state index is 11.3. The molecule has 0 radical (unpaired) electrons. The van der Waals surface area contributed by atoms with Crippen molar-refractivity contribution in [3.05, 3.63) is 111 Å². The summed E-state index contributed by atoms with van der Waals surface area (Å²) in [5.41, 5.74) is 2.09. The van der Waals surface area contributed by atoms with Crippen LogP contribution in [0.4, 0.5) is 11.4 Å². The smallest absolute Gasteiger partial charge is 0.269 e. The number of hydrogen-bond donors (Lipinski definition) is 2. The molecule has 0 aromatic heterocycles. The molecule has 0 amide bonds. The fourth-order valence-electron chi connectivity index (χ4n) is 3.44. The summed E-state index contributed by atoms with van der Waals surface area (Å²) in [6.07, 6.45) is 0. The van der Waals surface area contributed by atoms with Crippen molar-refractivity contribution >= 4 is 33.7 Å². The van der Waals surface area contributed by atoms with Crippen molar-refractivity contribution < 1.29 is 10.0 Å². The molecule has 1 unspecified atom stereocenters. The van der Waals surface area contributed by atoms with Gasteiger partial charge in [-0.2, -0.15) is 0 Å². The molecule has 0 heterocycles. The van der Waals surface area contributed by atoms with Crippen molar-refractivity contribution in [2.45, 2.75) is 6.04 Å². The molecular formula is C23H17ClN2O3. The van der Waals surface area contributed by atoms with Crippen molar-refractivity contribution in [3.63, 3.8) is 0 Å². The van der Waals surface area contributed by atoms with Gasteiger partial charge in [-0.05, 0) is 46.7 Å². The van der Waals surface area contributed by atoms with Crippen molar-refractivity contribution in [1.29, 1.82) is 0 Å². The molecule has 5 nitrogen and oxygen atoms in total. The molecule has 2 N–H and O–H groups in total. The minimum absolute atomic E-state index is 0.00914. The van der Waals surface area contributed by atoms with Gasteiger partial charge in [0.05, 0.1) is 11.0 Å². The van der Waals surface area contributed by atoms with Crippen LogP contribution in [0.15, 0.2) is 84.9 Å². The SMILES string of the molecule is O=[N+]([O-])c1cccc(C(Nc2ccc(Cl)cc2)c2c(O)ccc3ccccc23)c1. The summed E-state index contributed by atoms with van der Waals surface area (Å²) in [7, 11) is 0. The molecule has 144 valence electrons. The number of non-ortho nitro benzene ring substituents is 1. The lowest BCUT2D eigenvalue weighted by molar-refractivity contribution is -0.384. The highest BCUT2D eigenvalue weighted by atomic mass is 35.5. The van der Waals surface area contributed by atoms with Crippen LogP contribution in [0.3, 0.4) is 0 Å². The number of anilines is 1. The molecule has 0 fully saturated rings. The largest absolute Gasteiger partial charge is 0.508 e. The van der Waals surface area contributed by atoms with Crippen LogP contribution in [-0.2, 0) is 0 Å². The van der Waals surface area contributed by atoms with Gasteiger partial charge in [0.1, 0.15) is 5.75 Å². The molecule has 0 saturated heterocycles. The van der Waals surface area contributed by atoms with E-state index in [1.165, 1.54) is 12.1 Å². The average molecular weight is 405 g/mol. The van der Waals surface area contributed by atoms with Crippen LogP contribution in [0.25, 0.3) is 10.8 Å². The number of benzene rings is 4. The lowest BCUT2D eigenvalue weighted by atomic mass is 9.92. The number of rotatable bonds is 5. The van der Waals surface area contributed by atoms with Crippen LogP contribution in [0.5, 0.6) is 5.75 Å². The van der Waals surface area contributed by atoms with E-state index in [1.807, 2.05) is 48.5 Å². The molecule has 0 spiro atoms. The van der Waals surface area contributed by atoms with Crippen LogP contribution in [0, 0.1) is 10.1 Å². The number of aromatic hydroxyl groups is 1. The monoisotopic (exact) mass is 404 g/mol. The highest BCUT2D eigenvalue weighted by Crippen LogP contribution is 2.38. The molecule has 29 heavy (non-hydrogen) atoms. The Bertz CT molecular complexity index is 1190. The Labute approximate surface area is 172 Å². The zero-order valence-corrected chi connectivity index (χ0v) is 16.0. The topological polar surface area (TPSA) is 75.4 Å². The number of nitro groups is 1. The first-order valence-corrected chi connectivity index (χ1v) is 9.38. The summed E-state index contributed by atoms with van der Waals surface area (Å²) in [6.45, 7) is 0. The first-order valence-electron chi connectivity index (χ1n) is 9.00. The number of phenolic OH excluding ortho intramolecular Hbond substituents is 1. The standard InChI is InChI=1S/C23H17ClN2O3/c24-17-9-11-18(12-10-17)25-23(16-5-3-6-19(14-16)26(28)29)22-20-7-2-1-4-15(20)8-13-21(22)27/h1-14,23,25,27H. The number of nitrogens with one attached hydrogen (secondary N) is 1. The normalized spacial score (nSPS) is 11.9. The van der Waals surface area contributed by atoms with Gasteiger partial charge in [-0.15, -0.1) is 0 Å². The summed E-state index contributed by atoms with van der Waals surface area (Å²) in [5.74, 6) is 0.113. The van der Waals surface area contributed by atoms with Crippen molar-refractivity contribution in [2.75, 3.05) is 5.32 Å². The first kappa shape index (κ1) is 18.8. The Hall–Kier alpha value is -3.57. The second kappa shape index (κ2) is 7.81. The molecule has 4 aromatic rings. The summed E-state index contributed by atoms with van der Waals surface area (Å²) in [6, 6.07) is 24.3. The highest BCUT2D eigenvalue weighted by Gasteiger charge is 2.22. The summed E-state index contributed by atoms with van der Waals surface area (Å²) in [4.78, 5) is 10.9. The van der Waals surface area contributed by atoms with Crippen LogP contribution < -0.4 is 5.32 Å². The van der Waals surface area contributed by atoms with E-state index in [1.54, 1.807) is 24.3 Å². The Morgan fingerprint density at radius 3 is 2.45 bits per heavy atom. The Kier molecular flexibility index (Phi) is 5.06. The summed E-state index contributed by atoms with van der Waals surface area (Å²) >= 11 is 6.00. The number of hydrogen-bond acceptors (Lipinski definition) is 4. The van der Waals surface area contributed by atoms with Gasteiger partial charge >= 0.3 is 0 Å². The first-order chi connectivity index (χ1) is 14.0. The fourth-order valence-corrected chi connectivity index (χ4v) is 3.57. The second-order valence-corrected chi connectivity index (χ2v) is 7.09. The third-order valence-corrected chi connectivity index (χ3v) is 5.06. The molecule has 0 aliphatic rings. The average Bonchev–Trinajstić information content (AvgIpc) is 2.74. The van der Waals surface area contributed by atoms with Crippen LogP contribution in [0.1, 0.15) is 17.2 Å². The quantitative estimate of drug-likeness (QED) is 0.302. The zero-order valence-electron chi connectivity index (χ0n) is 15.2. The van der Waals surface area contributed by atoms with Gasteiger partial charge in [0.2, 0.25) is 0 Å². The van der Waals surface area contributed by atoms with E-state index in [2.05, 4.69) is 5.32 Å². The summed E-state index contributed by atoms with van der Waals surface area (Å²) < 4.78 is 0. The molecule has 4 aromatic carbocycles. The van der Waals surface area contributed by atoms with Crippen LogP contribution >= 0.6 is 11.6 Å². The van der Waals surface area contributed by atoms with E-state index < -0.39 is 11.0 Å². The molecule has 4 rings (SSSR count). The zero-order chi connectivity index (χ0) is 20.4. The number of halogens is 1. The highest BCUT2D eigenvalue weighted by molar-refractivity contribution is 6.30. The van der Waals surface area contributed by atoms with Gasteiger partial charge in [0.25, 0.3) is 5.69 Å². The van der Waals surface area contributed by atoms with E-state index in [0.29, 0.717) is 16.1 Å². The minimum atomic E-state index is -0.512. The third kappa shape index (κ3) is 3.86. The van der Waals surface area contributed by atoms with Gasteiger partial charge in [-0.1, -0.05) is 54.1 Å². The maximum Gasteiger partial charge on any atom is 0.269 e. The lowest BCUT2D eigenvalue weighted by Gasteiger charge is -2.23. The fraction of sp³-hybridized carbons (Fsp3) is 0.0435. The predicted octanol–water partition coefficient (Wildman–Crippen LogP) is 6.31. The van der Waals surface area contributed by atoms with Gasteiger partial charge in [-0.3, -0.25) is 10.1 Å². The van der Waals surface area contributed by atoms with Gasteiger partial charge < -0.3 is 10.4 Å². The molecule has 0 saturated carbocycles. The molecule has 0 aliphatic carbocycles. The summed E-state index contributed by atoms with van der Waals surface area (Å²) in [5, 5.41) is 27.9. The third-order valence-electron chi connectivity index (χ3n) is 4.81. The van der Waals surface area contributed by atoms with Crippen LogP contribution in [0.2, 0.25) is 5.02 Å². The number of nitro benzene ring substituents is 1. The molecule has 0 aliphatic heterocycles. The van der Waals surface area contributed by atoms with E-state index in [4.69, 9.17) is 11.6 Å². The predicted molar refractivity (Wildman–Crippen MR) is 116 cm³/mol. The number of fused-ring (bicyclic) bond motifs is 1. The van der Waals surface area contributed by atoms with E-state index >= 15 is 0 Å². The van der Waals surface area contributed by atoms with E-state index in [9.17, 15) is 15.2 Å². The number of phenols is 1. The molecular weight excluding hydrogens is 388 g/mol. The van der Waals surface area contributed by atoms with Crippen LogP contribution in [-0.4, -0.2) is 10.0 Å². The Morgan fingerprint density at radius 1 is 0.931 bits per heavy atom. The van der Waals surface area contributed by atoms with Gasteiger partial charge in [-0.25, -0.2) is 0 Å².